The molecule has 0 spiro atoms. The van der Waals surface area contributed by atoms with Crippen LogP contribution < -0.4 is 4.99 Å². The molecule has 1 atom stereocenters. The molecule has 0 radical (unpaired) electrons. The molecular formula is C11H22NOS+. The molecule has 0 saturated heterocycles. The summed E-state index contributed by atoms with van der Waals surface area (Å²) >= 11 is 1.81. The number of thioether (sulfide) groups is 1. The van der Waals surface area contributed by atoms with Crippen LogP contribution in [0.15, 0.2) is 0 Å². The molecule has 1 aliphatic heterocycles. The summed E-state index contributed by atoms with van der Waals surface area (Å²) in [4.78, 5) is 3.44. The predicted octanol–water partition coefficient (Wildman–Crippen LogP) is 1.54. The molecule has 82 valence electrons. The first-order chi connectivity index (χ1) is 6.53. The van der Waals surface area contributed by atoms with E-state index < -0.39 is 0 Å². The van der Waals surface area contributed by atoms with Gasteiger partial charge in [0.15, 0.2) is 5.54 Å². The molecule has 0 saturated carbocycles. The highest BCUT2D eigenvalue weighted by Crippen LogP contribution is 2.16. The Labute approximate surface area is 91.5 Å². The highest BCUT2D eigenvalue weighted by Gasteiger charge is 2.34. The fourth-order valence-corrected chi connectivity index (χ4v) is 2.88. The van der Waals surface area contributed by atoms with Crippen LogP contribution in [-0.4, -0.2) is 22.6 Å². The van der Waals surface area contributed by atoms with Gasteiger partial charge < -0.3 is 4.74 Å². The summed E-state index contributed by atoms with van der Waals surface area (Å²) in [6.07, 6.45) is 3.92. The van der Waals surface area contributed by atoms with Gasteiger partial charge >= 0.3 is 5.23 Å². The highest BCUT2D eigenvalue weighted by molar-refractivity contribution is 8.13. The van der Waals surface area contributed by atoms with E-state index in [4.69, 9.17) is 4.74 Å². The van der Waals surface area contributed by atoms with Gasteiger partial charge in [-0.25, -0.2) is 0 Å². The highest BCUT2D eigenvalue weighted by atomic mass is 32.2. The van der Waals surface area contributed by atoms with Crippen molar-refractivity contribution in [3.05, 3.63) is 0 Å². The second-order valence-corrected chi connectivity index (χ2v) is 5.70. The van der Waals surface area contributed by atoms with Crippen LogP contribution in [0.25, 0.3) is 0 Å². The topological polar surface area (TPSA) is 23.2 Å². The van der Waals surface area contributed by atoms with Crippen LogP contribution in [0.1, 0.15) is 47.0 Å². The molecule has 2 nitrogen and oxygen atoms in total. The van der Waals surface area contributed by atoms with Crippen LogP contribution in [0.3, 0.4) is 0 Å². The minimum Gasteiger partial charge on any atom is -0.436 e. The van der Waals surface area contributed by atoms with Gasteiger partial charge in [-0.05, 0) is 25.1 Å². The van der Waals surface area contributed by atoms with E-state index in [2.05, 4.69) is 32.7 Å². The Bertz CT molecular complexity index is 213. The van der Waals surface area contributed by atoms with Crippen molar-refractivity contribution in [2.45, 2.75) is 58.6 Å². The van der Waals surface area contributed by atoms with Crippen molar-refractivity contribution in [3.63, 3.8) is 0 Å². The van der Waals surface area contributed by atoms with E-state index in [9.17, 15) is 0 Å². The van der Waals surface area contributed by atoms with Crippen LogP contribution in [-0.2, 0) is 4.74 Å². The molecule has 0 aromatic rings. The van der Waals surface area contributed by atoms with E-state index in [0.29, 0.717) is 6.10 Å². The van der Waals surface area contributed by atoms with E-state index in [-0.39, 0.29) is 5.54 Å². The fourth-order valence-electron chi connectivity index (χ4n) is 1.68. The number of ether oxygens (including phenoxy) is 1. The Morgan fingerprint density at radius 3 is 2.86 bits per heavy atom. The number of unbranched alkanes of at least 4 members (excludes halogenated alkanes) is 1. The maximum absolute atomic E-state index is 5.74. The summed E-state index contributed by atoms with van der Waals surface area (Å²) in [7, 11) is 0. The maximum Gasteiger partial charge on any atom is 0.399 e. The maximum atomic E-state index is 5.74. The lowest BCUT2D eigenvalue weighted by molar-refractivity contribution is -0.562. The van der Waals surface area contributed by atoms with E-state index >= 15 is 0 Å². The fraction of sp³-hybridized carbons (Fsp3) is 0.909. The summed E-state index contributed by atoms with van der Waals surface area (Å²) < 4.78 is 5.74. The summed E-state index contributed by atoms with van der Waals surface area (Å²) in [6.45, 7) is 8.81. The van der Waals surface area contributed by atoms with Gasteiger partial charge in [-0.3, -0.25) is 0 Å². The zero-order chi connectivity index (χ0) is 10.6. The zero-order valence-electron chi connectivity index (χ0n) is 9.72. The molecule has 0 fully saturated rings. The van der Waals surface area contributed by atoms with Crippen LogP contribution in [0.5, 0.6) is 0 Å². The third-order valence-corrected chi connectivity index (χ3v) is 3.23. The summed E-state index contributed by atoms with van der Waals surface area (Å²) in [5, 5.41) is 1.02. The first kappa shape index (κ1) is 11.9. The number of nitrogens with one attached hydrogen (secondary N) is 1. The molecule has 14 heavy (non-hydrogen) atoms. The lowest BCUT2D eigenvalue weighted by Crippen LogP contribution is -2.88. The molecule has 0 aliphatic carbocycles. The Morgan fingerprint density at radius 2 is 2.29 bits per heavy atom. The molecule has 0 amide bonds. The number of hydrogen-bond acceptors (Lipinski definition) is 2. The Balaban J connectivity index is 2.46. The van der Waals surface area contributed by atoms with Crippen molar-refractivity contribution in [2.24, 2.45) is 0 Å². The van der Waals surface area contributed by atoms with Gasteiger partial charge in [0.2, 0.25) is 0 Å². The van der Waals surface area contributed by atoms with Gasteiger partial charge in [0, 0.05) is 26.0 Å². The van der Waals surface area contributed by atoms with E-state index in [1.165, 1.54) is 12.8 Å². The standard InChI is InChI=1S/C11H21NOS/c1-5-6-7-14-10-12-11(3,4)8-9(2)13-10/h9H,5-8H2,1-4H3/p+1. The molecule has 0 bridgehead atoms. The molecule has 1 unspecified atom stereocenters. The predicted molar refractivity (Wildman–Crippen MR) is 62.6 cm³/mol. The average molecular weight is 216 g/mol. The molecule has 0 aromatic carbocycles. The first-order valence-corrected chi connectivity index (χ1v) is 6.46. The molecule has 1 rings (SSSR count). The third-order valence-electron chi connectivity index (χ3n) is 2.28. The molecule has 1 aliphatic rings. The van der Waals surface area contributed by atoms with Crippen LogP contribution in [0.2, 0.25) is 0 Å². The van der Waals surface area contributed by atoms with Crippen LogP contribution in [0, 0.1) is 0 Å². The molecular weight excluding hydrogens is 194 g/mol. The van der Waals surface area contributed by atoms with Gasteiger partial charge in [0.05, 0.1) is 0 Å². The summed E-state index contributed by atoms with van der Waals surface area (Å²) in [5.74, 6) is 1.15. The Morgan fingerprint density at radius 1 is 1.57 bits per heavy atom. The largest absolute Gasteiger partial charge is 0.436 e. The van der Waals surface area contributed by atoms with Crippen molar-refractivity contribution < 1.29 is 9.73 Å². The van der Waals surface area contributed by atoms with E-state index in [0.717, 1.165) is 17.4 Å². The van der Waals surface area contributed by atoms with E-state index in [1.54, 1.807) is 0 Å². The normalized spacial score (nSPS) is 25.4. The second-order valence-electron chi connectivity index (χ2n) is 4.63. The van der Waals surface area contributed by atoms with Crippen molar-refractivity contribution in [3.8, 4) is 0 Å². The summed E-state index contributed by atoms with van der Waals surface area (Å²) in [5.41, 5.74) is 0.187. The second kappa shape index (κ2) is 5.06. The van der Waals surface area contributed by atoms with Crippen molar-refractivity contribution in [1.29, 1.82) is 0 Å². The minimum atomic E-state index is 0.187. The quantitative estimate of drug-likeness (QED) is 0.723. The first-order valence-electron chi connectivity index (χ1n) is 5.48. The molecule has 1 heterocycles. The number of hydrogen-bond donors (Lipinski definition) is 1. The number of rotatable bonds is 3. The SMILES string of the molecule is CCCCSC1=[NH+]C(C)(C)CC(C)O1. The lowest BCUT2D eigenvalue weighted by Gasteiger charge is -2.25. The van der Waals surface area contributed by atoms with Crippen LogP contribution in [0.4, 0.5) is 0 Å². The summed E-state index contributed by atoms with van der Waals surface area (Å²) in [6, 6.07) is 0. The van der Waals surface area contributed by atoms with Crippen LogP contribution >= 0.6 is 11.8 Å². The monoisotopic (exact) mass is 216 g/mol. The van der Waals surface area contributed by atoms with Crippen molar-refractivity contribution >= 4 is 17.0 Å². The van der Waals surface area contributed by atoms with Gasteiger partial charge in [-0.1, -0.05) is 13.3 Å². The van der Waals surface area contributed by atoms with Gasteiger partial charge in [0.1, 0.15) is 6.10 Å². The van der Waals surface area contributed by atoms with Gasteiger partial charge in [0.25, 0.3) is 0 Å². The lowest BCUT2D eigenvalue weighted by atomic mass is 9.98. The minimum absolute atomic E-state index is 0.187. The average Bonchev–Trinajstić information content (AvgIpc) is 2.00. The molecule has 3 heteroatoms. The zero-order valence-corrected chi connectivity index (χ0v) is 10.5. The molecule has 0 aromatic heterocycles. The van der Waals surface area contributed by atoms with Gasteiger partial charge in [-0.2, -0.15) is 4.99 Å². The molecule has 1 N–H and O–H groups in total. The van der Waals surface area contributed by atoms with Crippen molar-refractivity contribution in [1.82, 2.24) is 0 Å². The smallest absolute Gasteiger partial charge is 0.399 e. The third kappa shape index (κ3) is 3.91. The Kier molecular flexibility index (Phi) is 4.30. The van der Waals surface area contributed by atoms with Crippen molar-refractivity contribution in [2.75, 3.05) is 5.75 Å². The Hall–Kier alpha value is -0.180. The van der Waals surface area contributed by atoms with E-state index in [1.807, 2.05) is 11.8 Å². The van der Waals surface area contributed by atoms with Gasteiger partial charge in [-0.15, -0.1) is 0 Å².